The van der Waals surface area contributed by atoms with Crippen molar-refractivity contribution in [2.24, 2.45) is 0 Å². The number of hydrogen-bond acceptors (Lipinski definition) is 11. The van der Waals surface area contributed by atoms with E-state index in [1.807, 2.05) is 33.3 Å². The van der Waals surface area contributed by atoms with E-state index in [2.05, 4.69) is 45.8 Å². The summed E-state index contributed by atoms with van der Waals surface area (Å²) in [7, 11) is 7.28. The monoisotopic (exact) mass is 504 g/mol. The molecule has 0 unspecified atom stereocenters. The van der Waals surface area contributed by atoms with Crippen LogP contribution in [0.25, 0.3) is 0 Å². The average Bonchev–Trinajstić information content (AvgIpc) is 2.57. The molecular weight excluding hydrogens is 461 g/mol. The van der Waals surface area contributed by atoms with Crippen LogP contribution in [0.15, 0.2) is 0 Å². The van der Waals surface area contributed by atoms with Gasteiger partial charge in [0.1, 0.15) is 0 Å². The Kier molecular flexibility index (Phi) is 62.2. The summed E-state index contributed by atoms with van der Waals surface area (Å²) in [5, 5.41) is 7.76. The summed E-state index contributed by atoms with van der Waals surface area (Å²) in [6, 6.07) is 0. The van der Waals surface area contributed by atoms with Gasteiger partial charge in [0.2, 0.25) is 0 Å². The standard InChI is InChI=1S/C6H16N2S4.C6H16N2S3.3CH4/c1-9-6-11-8-4-3-7-5-12-10-2;1-3-10-8-5-4-7-6-11-9-2;;;/h7-8H,3-6H2,1-2H3;7-8H,3-6H2,1-2H3;3*1H4. The normalized spacial score (nSPS) is 9.23. The summed E-state index contributed by atoms with van der Waals surface area (Å²) < 4.78 is 6.53. The third-order valence-corrected chi connectivity index (χ3v) is 7.65. The molecule has 0 aliphatic heterocycles. The lowest BCUT2D eigenvalue weighted by Crippen LogP contribution is -2.23. The third kappa shape index (κ3) is 45.2. The fourth-order valence-corrected chi connectivity index (χ4v) is 4.37. The van der Waals surface area contributed by atoms with Crippen LogP contribution in [0.1, 0.15) is 29.2 Å². The molecule has 0 saturated carbocycles. The molecule has 11 heteroatoms. The highest BCUT2D eigenvalue weighted by atomic mass is 33.1. The maximum absolute atomic E-state index is 3.32. The lowest BCUT2D eigenvalue weighted by atomic mass is 10.7. The van der Waals surface area contributed by atoms with E-state index in [4.69, 9.17) is 0 Å². The minimum atomic E-state index is 0. The molecule has 0 bridgehead atoms. The van der Waals surface area contributed by atoms with E-state index >= 15 is 0 Å². The minimum absolute atomic E-state index is 0. The Labute approximate surface area is 194 Å². The van der Waals surface area contributed by atoms with Crippen LogP contribution in [-0.4, -0.2) is 67.5 Å². The Bertz CT molecular complexity index is 179. The molecule has 0 amide bonds. The highest BCUT2D eigenvalue weighted by Crippen LogP contribution is 2.14. The van der Waals surface area contributed by atoms with Crippen molar-refractivity contribution in [2.75, 3.05) is 67.5 Å². The average molecular weight is 505 g/mol. The molecule has 0 aromatic rings. The van der Waals surface area contributed by atoms with Gasteiger partial charge in [-0.1, -0.05) is 96.3 Å². The van der Waals surface area contributed by atoms with Crippen LogP contribution in [0.3, 0.4) is 0 Å². The van der Waals surface area contributed by atoms with Gasteiger partial charge in [0.15, 0.2) is 0 Å². The van der Waals surface area contributed by atoms with E-state index in [0.29, 0.717) is 0 Å². The molecule has 0 aromatic heterocycles. The third-order valence-electron chi connectivity index (χ3n) is 1.89. The largest absolute Gasteiger partial charge is 0.306 e. The van der Waals surface area contributed by atoms with Gasteiger partial charge in [-0.3, -0.25) is 9.44 Å². The Hall–Kier alpha value is 2.29. The quantitative estimate of drug-likeness (QED) is 0.0839. The smallest absolute Gasteiger partial charge is 0.0534 e. The lowest BCUT2D eigenvalue weighted by molar-refractivity contribution is 0.762. The molecule has 4 N–H and O–H groups in total. The first-order valence-electron chi connectivity index (χ1n) is 7.24. The van der Waals surface area contributed by atoms with Gasteiger partial charge in [0.05, 0.1) is 16.8 Å². The predicted molar refractivity (Wildman–Crippen MR) is 148 cm³/mol. The van der Waals surface area contributed by atoms with Gasteiger partial charge in [-0.2, -0.15) is 11.8 Å². The Balaban J connectivity index is -0.000000102. The lowest BCUT2D eigenvalue weighted by Gasteiger charge is -2.03. The number of hydrogen-bond donors (Lipinski definition) is 4. The van der Waals surface area contributed by atoms with Crippen molar-refractivity contribution in [1.82, 2.24) is 20.1 Å². The van der Waals surface area contributed by atoms with E-state index in [9.17, 15) is 0 Å². The summed E-state index contributed by atoms with van der Waals surface area (Å²) in [4.78, 5) is 0. The van der Waals surface area contributed by atoms with Gasteiger partial charge in [0.25, 0.3) is 0 Å². The Morgan fingerprint density at radius 1 is 0.654 bits per heavy atom. The number of rotatable bonds is 17. The maximum Gasteiger partial charge on any atom is 0.0534 e. The first-order chi connectivity index (χ1) is 11.3. The molecule has 26 heavy (non-hydrogen) atoms. The van der Waals surface area contributed by atoms with Gasteiger partial charge in [-0.15, -0.1) is 0 Å². The molecule has 0 spiro atoms. The summed E-state index contributed by atoms with van der Waals surface area (Å²) in [5.74, 6) is 3.22. The van der Waals surface area contributed by atoms with Gasteiger partial charge >= 0.3 is 0 Å². The Morgan fingerprint density at radius 3 is 1.50 bits per heavy atom. The van der Waals surface area contributed by atoms with E-state index in [-0.39, 0.29) is 22.3 Å². The molecule has 0 heterocycles. The molecule has 4 nitrogen and oxygen atoms in total. The molecule has 0 saturated heterocycles. The van der Waals surface area contributed by atoms with Crippen LogP contribution in [0.5, 0.6) is 0 Å². The van der Waals surface area contributed by atoms with Gasteiger partial charge in [-0.25, -0.2) is 0 Å². The van der Waals surface area contributed by atoms with Crippen LogP contribution >= 0.6 is 78.8 Å². The van der Waals surface area contributed by atoms with E-state index in [0.717, 1.165) is 48.8 Å². The molecular formula is C15H44N4S7. The molecule has 0 aliphatic rings. The summed E-state index contributed by atoms with van der Waals surface area (Å²) in [6.45, 7) is 6.35. The molecule has 0 radical (unpaired) electrons. The van der Waals surface area contributed by atoms with Crippen molar-refractivity contribution in [3.63, 3.8) is 0 Å². The van der Waals surface area contributed by atoms with Crippen LogP contribution in [0, 0.1) is 0 Å². The second kappa shape index (κ2) is 41.6. The highest BCUT2D eigenvalue weighted by molar-refractivity contribution is 8.76. The van der Waals surface area contributed by atoms with Crippen LogP contribution < -0.4 is 20.1 Å². The van der Waals surface area contributed by atoms with Crippen LogP contribution in [-0.2, 0) is 0 Å². The molecule has 0 fully saturated rings. The SMILES string of the molecule is C.C.C.CCSNCCNCSSC.CSCSNCCNCSSC. The highest BCUT2D eigenvalue weighted by Gasteiger charge is 1.88. The molecule has 0 rings (SSSR count). The maximum atomic E-state index is 3.32. The predicted octanol–water partition coefficient (Wildman–Crippen LogP) is 5.81. The molecule has 0 aliphatic carbocycles. The fourth-order valence-electron chi connectivity index (χ4n) is 0.971. The van der Waals surface area contributed by atoms with Crippen molar-refractivity contribution in [3.05, 3.63) is 0 Å². The first-order valence-corrected chi connectivity index (χ1v) is 16.1. The van der Waals surface area contributed by atoms with Gasteiger partial charge in [0, 0.05) is 31.9 Å². The van der Waals surface area contributed by atoms with Gasteiger partial charge in [-0.05, 0) is 18.8 Å². The van der Waals surface area contributed by atoms with Crippen LogP contribution in [0.4, 0.5) is 0 Å². The summed E-state index contributed by atoms with van der Waals surface area (Å²) in [6.07, 6.45) is 6.30. The molecule has 0 atom stereocenters. The topological polar surface area (TPSA) is 48.1 Å². The second-order valence-corrected chi connectivity index (χ2v) is 12.0. The minimum Gasteiger partial charge on any atom is -0.306 e. The second-order valence-electron chi connectivity index (χ2n) is 3.63. The van der Waals surface area contributed by atoms with Crippen molar-refractivity contribution < 1.29 is 0 Å². The first kappa shape index (κ1) is 38.8. The zero-order valence-corrected chi connectivity index (χ0v) is 20.2. The van der Waals surface area contributed by atoms with Crippen molar-refractivity contribution in [2.45, 2.75) is 29.2 Å². The Morgan fingerprint density at radius 2 is 1.12 bits per heavy atom. The summed E-state index contributed by atoms with van der Waals surface area (Å²) >= 11 is 5.39. The fraction of sp³-hybridized carbons (Fsp3) is 1.00. The number of thioether (sulfide) groups is 1. The molecule has 0 aromatic carbocycles. The number of nitrogens with one attached hydrogen (secondary N) is 4. The zero-order valence-electron chi connectivity index (χ0n) is 14.5. The summed E-state index contributed by atoms with van der Waals surface area (Å²) in [5.41, 5.74) is 0. The zero-order chi connectivity index (χ0) is 17.4. The van der Waals surface area contributed by atoms with Gasteiger partial charge < -0.3 is 10.6 Å². The van der Waals surface area contributed by atoms with E-state index in [1.54, 1.807) is 45.5 Å². The van der Waals surface area contributed by atoms with Crippen molar-refractivity contribution in [3.8, 4) is 0 Å². The van der Waals surface area contributed by atoms with E-state index < -0.39 is 0 Å². The van der Waals surface area contributed by atoms with Crippen molar-refractivity contribution >= 4 is 78.8 Å². The van der Waals surface area contributed by atoms with Crippen LogP contribution in [0.2, 0.25) is 0 Å². The van der Waals surface area contributed by atoms with Crippen molar-refractivity contribution in [1.29, 1.82) is 0 Å². The van der Waals surface area contributed by atoms with E-state index in [1.165, 1.54) is 0 Å². The molecule has 166 valence electrons.